The van der Waals surface area contributed by atoms with Crippen LogP contribution in [0.5, 0.6) is 5.75 Å². The predicted octanol–water partition coefficient (Wildman–Crippen LogP) is 2.05. The summed E-state index contributed by atoms with van der Waals surface area (Å²) in [6.45, 7) is 3.15. The van der Waals surface area contributed by atoms with E-state index in [1.54, 1.807) is 36.2 Å². The van der Waals surface area contributed by atoms with Gasteiger partial charge in [-0.2, -0.15) is 5.26 Å². The van der Waals surface area contributed by atoms with Gasteiger partial charge in [0.15, 0.2) is 11.9 Å². The first-order chi connectivity index (χ1) is 16.7. The standard InChI is InChI=1S/C24H29N5O6/c1-15(30)35-28-17-10-11-19-18(12-17)20(21(31)24(2,34-19)22(32-3)33-4)29(23(26)27-14-25)13-16-8-6-5-7-9-16/h5-12,20-22,28,31H,13H2,1-4H3,(H2,26,27)/t20-,21+,24+/m1/s1. The Balaban J connectivity index is 2.18. The predicted molar refractivity (Wildman–Crippen MR) is 127 cm³/mol. The topological polar surface area (TPSA) is 152 Å². The fourth-order valence-corrected chi connectivity index (χ4v) is 4.16. The molecule has 3 rings (SSSR count). The summed E-state index contributed by atoms with van der Waals surface area (Å²) in [4.78, 5) is 21.5. The Morgan fingerprint density at radius 2 is 2.00 bits per heavy atom. The summed E-state index contributed by atoms with van der Waals surface area (Å²) >= 11 is 0. The molecule has 1 aliphatic heterocycles. The molecule has 2 aromatic carbocycles. The van der Waals surface area contributed by atoms with Crippen molar-refractivity contribution in [1.82, 2.24) is 4.90 Å². The van der Waals surface area contributed by atoms with Crippen LogP contribution >= 0.6 is 0 Å². The van der Waals surface area contributed by atoms with Gasteiger partial charge in [-0.25, -0.2) is 5.48 Å². The molecule has 0 saturated carbocycles. The maximum atomic E-state index is 11.7. The van der Waals surface area contributed by atoms with Crippen LogP contribution in [-0.4, -0.2) is 54.1 Å². The van der Waals surface area contributed by atoms with E-state index >= 15 is 0 Å². The average molecular weight is 484 g/mol. The third-order valence-electron chi connectivity index (χ3n) is 5.74. The number of ether oxygens (including phenoxy) is 3. The number of nitrogens with two attached hydrogens (primary N) is 1. The van der Waals surface area contributed by atoms with Crippen molar-refractivity contribution in [3.05, 3.63) is 59.7 Å². The Labute approximate surface area is 203 Å². The van der Waals surface area contributed by atoms with Gasteiger partial charge in [-0.15, -0.1) is 4.99 Å². The second-order valence-corrected chi connectivity index (χ2v) is 8.11. The molecule has 11 heteroatoms. The van der Waals surface area contributed by atoms with E-state index in [0.717, 1.165) is 5.56 Å². The molecule has 0 fully saturated rings. The molecule has 0 saturated heterocycles. The van der Waals surface area contributed by atoms with Gasteiger partial charge in [0.05, 0.1) is 11.7 Å². The maximum absolute atomic E-state index is 11.7. The molecule has 0 spiro atoms. The van der Waals surface area contributed by atoms with Gasteiger partial charge in [0.25, 0.3) is 0 Å². The lowest BCUT2D eigenvalue weighted by atomic mass is 9.83. The van der Waals surface area contributed by atoms with Crippen LogP contribution in [0.15, 0.2) is 53.5 Å². The average Bonchev–Trinajstić information content (AvgIpc) is 2.84. The number of nitrogens with zero attached hydrogens (tertiary/aromatic N) is 3. The summed E-state index contributed by atoms with van der Waals surface area (Å²) < 4.78 is 17.1. The number of nitrogens with one attached hydrogen (secondary N) is 1. The van der Waals surface area contributed by atoms with Gasteiger partial charge in [-0.1, -0.05) is 30.3 Å². The van der Waals surface area contributed by atoms with Crippen LogP contribution in [0, 0.1) is 11.5 Å². The first kappa shape index (κ1) is 25.8. The van der Waals surface area contributed by atoms with Gasteiger partial charge in [0.2, 0.25) is 12.2 Å². The number of fused-ring (bicyclic) bond motifs is 1. The minimum atomic E-state index is -1.37. The Hall–Kier alpha value is -3.85. The van der Waals surface area contributed by atoms with Gasteiger partial charge in [-0.05, 0) is 30.7 Å². The zero-order valence-electron chi connectivity index (χ0n) is 20.0. The van der Waals surface area contributed by atoms with E-state index in [-0.39, 0.29) is 12.5 Å². The Morgan fingerprint density at radius 3 is 2.60 bits per heavy atom. The molecule has 2 aromatic rings. The van der Waals surface area contributed by atoms with E-state index in [1.165, 1.54) is 21.1 Å². The first-order valence-electron chi connectivity index (χ1n) is 10.8. The Bertz CT molecular complexity index is 1100. The summed E-state index contributed by atoms with van der Waals surface area (Å²) in [6.07, 6.45) is -0.498. The van der Waals surface area contributed by atoms with E-state index in [0.29, 0.717) is 17.0 Å². The van der Waals surface area contributed by atoms with Gasteiger partial charge in [-0.3, -0.25) is 4.79 Å². The molecule has 0 unspecified atom stereocenters. The summed E-state index contributed by atoms with van der Waals surface area (Å²) in [5.41, 5.74) is 9.28. The monoisotopic (exact) mass is 483 g/mol. The molecule has 0 amide bonds. The summed E-state index contributed by atoms with van der Waals surface area (Å²) in [7, 11) is 2.89. The lowest BCUT2D eigenvalue weighted by Gasteiger charge is -2.49. The molecule has 11 nitrogen and oxygen atoms in total. The van der Waals surface area contributed by atoms with Crippen LogP contribution < -0.4 is 16.0 Å². The molecule has 0 aliphatic carbocycles. The van der Waals surface area contributed by atoms with Crippen molar-refractivity contribution in [2.24, 2.45) is 10.7 Å². The number of rotatable bonds is 8. The van der Waals surface area contributed by atoms with Crippen molar-refractivity contribution in [2.45, 2.75) is 44.4 Å². The van der Waals surface area contributed by atoms with Crippen LogP contribution in [0.4, 0.5) is 5.69 Å². The number of methoxy groups -OCH3 is 2. The molecule has 1 heterocycles. The third-order valence-corrected chi connectivity index (χ3v) is 5.74. The van der Waals surface area contributed by atoms with Gasteiger partial charge < -0.3 is 34.8 Å². The zero-order chi connectivity index (χ0) is 25.6. The molecule has 186 valence electrons. The van der Waals surface area contributed by atoms with Crippen LogP contribution in [-0.2, 0) is 25.7 Å². The molecule has 0 radical (unpaired) electrons. The summed E-state index contributed by atoms with van der Waals surface area (Å²) in [5, 5.41) is 20.9. The Morgan fingerprint density at radius 1 is 1.31 bits per heavy atom. The van der Waals surface area contributed by atoms with Crippen LogP contribution in [0.2, 0.25) is 0 Å². The van der Waals surface area contributed by atoms with E-state index in [2.05, 4.69) is 10.5 Å². The molecular weight excluding hydrogens is 454 g/mol. The summed E-state index contributed by atoms with van der Waals surface area (Å²) in [5.74, 6) is -0.208. The number of nitriles is 1. The number of benzene rings is 2. The number of guanidine groups is 1. The molecule has 1 aliphatic rings. The lowest BCUT2D eigenvalue weighted by Crippen LogP contribution is -2.63. The van der Waals surface area contributed by atoms with Crippen molar-refractivity contribution in [1.29, 1.82) is 5.26 Å². The number of aliphatic imine (C=N–C) groups is 1. The van der Waals surface area contributed by atoms with Gasteiger partial charge in [0.1, 0.15) is 11.9 Å². The fraction of sp³-hybridized carbons (Fsp3) is 0.375. The normalized spacial score (nSPS) is 21.5. The molecule has 3 atom stereocenters. The van der Waals surface area contributed by atoms with E-state index in [9.17, 15) is 15.2 Å². The second kappa shape index (κ2) is 11.1. The van der Waals surface area contributed by atoms with Crippen molar-refractivity contribution < 1.29 is 28.9 Å². The first-order valence-corrected chi connectivity index (χ1v) is 10.8. The number of hydrogen-bond acceptors (Lipinski definition) is 9. The molecular formula is C24H29N5O6. The number of aliphatic hydroxyl groups is 1. The van der Waals surface area contributed by atoms with E-state index in [4.69, 9.17) is 24.8 Å². The number of anilines is 1. The molecule has 35 heavy (non-hydrogen) atoms. The highest BCUT2D eigenvalue weighted by Gasteiger charge is 2.54. The zero-order valence-corrected chi connectivity index (χ0v) is 20.0. The third kappa shape index (κ3) is 5.46. The largest absolute Gasteiger partial charge is 0.479 e. The van der Waals surface area contributed by atoms with Gasteiger partial charge >= 0.3 is 5.97 Å². The second-order valence-electron chi connectivity index (χ2n) is 8.11. The summed E-state index contributed by atoms with van der Waals surface area (Å²) in [6, 6.07) is 13.5. The Kier molecular flexibility index (Phi) is 8.14. The molecule has 4 N–H and O–H groups in total. The highest BCUT2D eigenvalue weighted by Crippen LogP contribution is 2.46. The van der Waals surface area contributed by atoms with E-state index < -0.39 is 30.0 Å². The minimum absolute atomic E-state index is 0.0969. The molecule has 0 aromatic heterocycles. The van der Waals surface area contributed by atoms with Crippen LogP contribution in [0.3, 0.4) is 0 Å². The van der Waals surface area contributed by atoms with E-state index in [1.807, 2.05) is 30.3 Å². The minimum Gasteiger partial charge on any atom is -0.479 e. The highest BCUT2D eigenvalue weighted by molar-refractivity contribution is 5.80. The maximum Gasteiger partial charge on any atom is 0.329 e. The molecule has 0 bridgehead atoms. The van der Waals surface area contributed by atoms with Crippen molar-refractivity contribution >= 4 is 17.6 Å². The van der Waals surface area contributed by atoms with Crippen molar-refractivity contribution in [3.63, 3.8) is 0 Å². The smallest absolute Gasteiger partial charge is 0.329 e. The van der Waals surface area contributed by atoms with Crippen LogP contribution in [0.1, 0.15) is 31.0 Å². The lowest BCUT2D eigenvalue weighted by molar-refractivity contribution is -0.243. The van der Waals surface area contributed by atoms with Gasteiger partial charge in [0, 0.05) is 33.3 Å². The quantitative estimate of drug-likeness (QED) is 0.167. The number of aliphatic hydroxyl groups excluding tert-OH is 1. The van der Waals surface area contributed by atoms with Crippen LogP contribution in [0.25, 0.3) is 0 Å². The number of carbonyl (C=O) groups excluding carboxylic acids is 1. The number of carbonyl (C=O) groups is 1. The fourth-order valence-electron chi connectivity index (χ4n) is 4.16. The highest BCUT2D eigenvalue weighted by atomic mass is 16.7. The number of hydrogen-bond donors (Lipinski definition) is 3. The SMILES string of the molecule is COC(OC)[C@@]1(C)Oc2ccc(NOC(C)=O)cc2[C@@H](N(Cc2ccccc2)C(N)=NC#N)[C@@H]1O. The van der Waals surface area contributed by atoms with Crippen molar-refractivity contribution in [3.8, 4) is 11.9 Å². The van der Waals surface area contributed by atoms with Crippen molar-refractivity contribution in [2.75, 3.05) is 19.7 Å².